The number of rotatable bonds is 7. The van der Waals surface area contributed by atoms with Crippen molar-refractivity contribution >= 4 is 28.9 Å². The van der Waals surface area contributed by atoms with Gasteiger partial charge in [-0.1, -0.05) is 67.2 Å². The molecule has 0 fully saturated rings. The Morgan fingerprint density at radius 3 is 2.46 bits per heavy atom. The number of aryl methyl sites for hydroxylation is 1. The third-order valence-corrected chi connectivity index (χ3v) is 6.20. The van der Waals surface area contributed by atoms with Crippen molar-refractivity contribution in [1.82, 2.24) is 14.8 Å². The lowest BCUT2D eigenvalue weighted by Crippen LogP contribution is -2.05. The number of hydrogen-bond acceptors (Lipinski definition) is 5. The first-order valence-electron chi connectivity index (χ1n) is 9.06. The zero-order valence-corrected chi connectivity index (χ0v) is 17.0. The quantitative estimate of drug-likeness (QED) is 0.299. The smallest absolute Gasteiger partial charge is 0.196 e. The largest absolute Gasteiger partial charge is 0.293 e. The molecule has 6 heteroatoms. The van der Waals surface area contributed by atoms with E-state index in [-0.39, 0.29) is 5.78 Å². The first kappa shape index (κ1) is 18.7. The van der Waals surface area contributed by atoms with Crippen LogP contribution in [0.5, 0.6) is 0 Å². The maximum Gasteiger partial charge on any atom is 0.196 e. The number of nitrogens with zero attached hydrogens (tertiary/aromatic N) is 3. The zero-order valence-electron chi connectivity index (χ0n) is 15.4. The van der Waals surface area contributed by atoms with E-state index >= 15 is 0 Å². The fraction of sp³-hybridized carbons (Fsp3) is 0.136. The van der Waals surface area contributed by atoms with Gasteiger partial charge in [0.1, 0.15) is 0 Å². The van der Waals surface area contributed by atoms with Gasteiger partial charge in [-0.25, -0.2) is 0 Å². The molecule has 0 amide bonds. The zero-order chi connectivity index (χ0) is 19.3. The number of carbonyl (C=O) groups excluding carboxylic acids is 1. The second kappa shape index (κ2) is 8.54. The monoisotopic (exact) mass is 405 g/mol. The Morgan fingerprint density at radius 1 is 1.00 bits per heavy atom. The second-order valence-electron chi connectivity index (χ2n) is 6.22. The summed E-state index contributed by atoms with van der Waals surface area (Å²) in [5, 5.41) is 11.5. The number of thiophene rings is 1. The number of aromatic nitrogens is 3. The number of Topliss-reactive ketones (excluding diaryl/α,β-unsaturated/α-hetero) is 1. The van der Waals surface area contributed by atoms with Crippen LogP contribution in [0.25, 0.3) is 16.4 Å². The van der Waals surface area contributed by atoms with Crippen LogP contribution in [0.1, 0.15) is 22.8 Å². The van der Waals surface area contributed by atoms with Gasteiger partial charge in [-0.2, -0.15) is 0 Å². The molecule has 0 N–H and O–H groups in total. The summed E-state index contributed by atoms with van der Waals surface area (Å²) in [6.07, 6.45) is 0.967. The molecule has 28 heavy (non-hydrogen) atoms. The van der Waals surface area contributed by atoms with Crippen molar-refractivity contribution in [3.63, 3.8) is 0 Å². The molecule has 0 aliphatic carbocycles. The van der Waals surface area contributed by atoms with Crippen molar-refractivity contribution in [1.29, 1.82) is 0 Å². The molecule has 4 nitrogen and oxygen atoms in total. The van der Waals surface area contributed by atoms with Crippen molar-refractivity contribution < 1.29 is 4.79 Å². The van der Waals surface area contributed by atoms with Gasteiger partial charge in [0.2, 0.25) is 0 Å². The molecule has 0 atom stereocenters. The Hall–Kier alpha value is -2.70. The maximum atomic E-state index is 12.6. The third-order valence-electron chi connectivity index (χ3n) is 4.41. The summed E-state index contributed by atoms with van der Waals surface area (Å²) in [4.78, 5) is 13.7. The Bertz CT molecular complexity index is 1060. The normalized spacial score (nSPS) is 10.9. The van der Waals surface area contributed by atoms with Crippen LogP contribution >= 0.6 is 23.1 Å². The van der Waals surface area contributed by atoms with Gasteiger partial charge in [0, 0.05) is 11.3 Å². The van der Waals surface area contributed by atoms with E-state index in [1.54, 1.807) is 11.3 Å². The number of carbonyl (C=O) groups is 1. The Labute approximate surface area is 172 Å². The Morgan fingerprint density at radius 2 is 1.79 bits per heavy atom. The molecule has 0 aliphatic heterocycles. The molecule has 0 unspecified atom stereocenters. The lowest BCUT2D eigenvalue weighted by Gasteiger charge is -2.09. The van der Waals surface area contributed by atoms with E-state index < -0.39 is 0 Å². The summed E-state index contributed by atoms with van der Waals surface area (Å²) < 4.78 is 2.02. The van der Waals surface area contributed by atoms with Crippen molar-refractivity contribution in [2.24, 2.45) is 0 Å². The molecule has 0 aliphatic rings. The molecule has 4 rings (SSSR count). The number of thioether (sulfide) groups is 1. The lowest BCUT2D eigenvalue weighted by molar-refractivity contribution is 0.102. The van der Waals surface area contributed by atoms with Crippen LogP contribution in [-0.2, 0) is 6.42 Å². The van der Waals surface area contributed by atoms with Crippen LogP contribution in [0.2, 0.25) is 0 Å². The molecule has 0 radical (unpaired) electrons. The predicted octanol–water partition coefficient (Wildman–Crippen LogP) is 5.53. The first-order valence-corrected chi connectivity index (χ1v) is 10.9. The van der Waals surface area contributed by atoms with Crippen LogP contribution in [0.15, 0.2) is 77.3 Å². The van der Waals surface area contributed by atoms with Gasteiger partial charge in [-0.05, 0) is 35.6 Å². The highest BCUT2D eigenvalue weighted by atomic mass is 32.2. The van der Waals surface area contributed by atoms with Crippen molar-refractivity contribution in [3.8, 4) is 16.4 Å². The van der Waals surface area contributed by atoms with Gasteiger partial charge in [-0.3, -0.25) is 9.36 Å². The topological polar surface area (TPSA) is 47.8 Å². The van der Waals surface area contributed by atoms with Crippen molar-refractivity contribution in [2.75, 3.05) is 5.75 Å². The molecule has 2 heterocycles. The summed E-state index contributed by atoms with van der Waals surface area (Å²) in [5.41, 5.74) is 2.95. The number of ketones is 1. The molecule has 140 valence electrons. The molecule has 0 saturated heterocycles. The predicted molar refractivity (Wildman–Crippen MR) is 116 cm³/mol. The molecule has 0 bridgehead atoms. The summed E-state index contributed by atoms with van der Waals surface area (Å²) in [6, 6.07) is 21.9. The van der Waals surface area contributed by atoms with Crippen molar-refractivity contribution in [2.45, 2.75) is 18.5 Å². The molecule has 4 aromatic rings. The van der Waals surface area contributed by atoms with E-state index in [4.69, 9.17) is 0 Å². The highest BCUT2D eigenvalue weighted by molar-refractivity contribution is 7.99. The average molecular weight is 406 g/mol. The van der Waals surface area contributed by atoms with E-state index in [2.05, 4.69) is 17.1 Å². The van der Waals surface area contributed by atoms with Crippen molar-refractivity contribution in [3.05, 3.63) is 83.2 Å². The van der Waals surface area contributed by atoms with Gasteiger partial charge in [0.25, 0.3) is 0 Å². The summed E-state index contributed by atoms with van der Waals surface area (Å²) >= 11 is 3.04. The SMILES string of the molecule is CCc1ccc(C(=O)CSc2nnc(-c3cccs3)n2-c2ccccc2)cc1. The maximum absolute atomic E-state index is 12.6. The van der Waals surface area contributed by atoms with Crippen LogP contribution < -0.4 is 0 Å². The Kier molecular flexibility index (Phi) is 5.69. The molecular weight excluding hydrogens is 386 g/mol. The van der Waals surface area contributed by atoms with E-state index in [0.29, 0.717) is 10.9 Å². The first-order chi connectivity index (χ1) is 13.8. The number of para-hydroxylation sites is 1. The standard InChI is InChI=1S/C22H19N3OS2/c1-2-16-10-12-17(13-11-16)19(26)15-28-22-24-23-21(20-9-6-14-27-20)25(22)18-7-4-3-5-8-18/h3-14H,2,15H2,1H3. The van der Waals surface area contributed by atoms with Crippen LogP contribution in [0.3, 0.4) is 0 Å². The highest BCUT2D eigenvalue weighted by Gasteiger charge is 2.18. The van der Waals surface area contributed by atoms with Gasteiger partial charge >= 0.3 is 0 Å². The van der Waals surface area contributed by atoms with Gasteiger partial charge in [-0.15, -0.1) is 21.5 Å². The molecule has 2 aromatic carbocycles. The lowest BCUT2D eigenvalue weighted by atomic mass is 10.1. The highest BCUT2D eigenvalue weighted by Crippen LogP contribution is 2.30. The third kappa shape index (κ3) is 3.93. The molecule has 0 spiro atoms. The summed E-state index contributed by atoms with van der Waals surface area (Å²) in [7, 11) is 0. The average Bonchev–Trinajstić information content (AvgIpc) is 3.42. The minimum Gasteiger partial charge on any atom is -0.293 e. The molecular formula is C22H19N3OS2. The van der Waals surface area contributed by atoms with E-state index in [0.717, 1.165) is 28.4 Å². The number of hydrogen-bond donors (Lipinski definition) is 0. The fourth-order valence-corrected chi connectivity index (χ4v) is 4.42. The summed E-state index contributed by atoms with van der Waals surface area (Å²) in [5.74, 6) is 1.21. The van der Waals surface area contributed by atoms with Gasteiger partial charge in [0.05, 0.1) is 10.6 Å². The van der Waals surface area contributed by atoms with E-state index in [1.165, 1.54) is 17.3 Å². The fourth-order valence-electron chi connectivity index (χ4n) is 2.88. The molecule has 2 aromatic heterocycles. The van der Waals surface area contributed by atoms with Gasteiger partial charge < -0.3 is 0 Å². The molecule has 0 saturated carbocycles. The van der Waals surface area contributed by atoms with Crippen LogP contribution in [0, 0.1) is 0 Å². The second-order valence-corrected chi connectivity index (χ2v) is 8.11. The minimum absolute atomic E-state index is 0.0907. The van der Waals surface area contributed by atoms with Crippen LogP contribution in [-0.4, -0.2) is 26.3 Å². The Balaban J connectivity index is 1.60. The van der Waals surface area contributed by atoms with Crippen LogP contribution in [0.4, 0.5) is 0 Å². The van der Waals surface area contributed by atoms with E-state index in [9.17, 15) is 4.79 Å². The van der Waals surface area contributed by atoms with E-state index in [1.807, 2.05) is 76.7 Å². The summed E-state index contributed by atoms with van der Waals surface area (Å²) in [6.45, 7) is 2.11. The number of benzene rings is 2. The minimum atomic E-state index is 0.0907. The van der Waals surface area contributed by atoms with Gasteiger partial charge in [0.15, 0.2) is 16.8 Å².